The van der Waals surface area contributed by atoms with Crippen molar-refractivity contribution in [1.82, 2.24) is 0 Å². The molecule has 9 heavy (non-hydrogen) atoms. The van der Waals surface area contributed by atoms with Crippen LogP contribution in [0.3, 0.4) is 0 Å². The Morgan fingerprint density at radius 2 is 2.00 bits per heavy atom. The highest BCUT2D eigenvalue weighted by atomic mass is 32.2. The van der Waals surface area contributed by atoms with E-state index in [4.69, 9.17) is 0 Å². The van der Waals surface area contributed by atoms with Gasteiger partial charge in [0.25, 0.3) is 0 Å². The lowest BCUT2D eigenvalue weighted by Gasteiger charge is -1.92. The van der Waals surface area contributed by atoms with Gasteiger partial charge in [0.2, 0.25) is 0 Å². The summed E-state index contributed by atoms with van der Waals surface area (Å²) >= 11 is 1.49. The molecule has 0 heterocycles. The van der Waals surface area contributed by atoms with Gasteiger partial charge in [0.15, 0.2) is 5.78 Å². The van der Waals surface area contributed by atoms with Crippen LogP contribution < -0.4 is 0 Å². The third-order valence-corrected chi connectivity index (χ3v) is 1.79. The average molecular weight is 146 g/mol. The van der Waals surface area contributed by atoms with E-state index in [9.17, 15) is 4.79 Å². The monoisotopic (exact) mass is 146 g/mol. The van der Waals surface area contributed by atoms with Gasteiger partial charge in [-0.15, -0.1) is 11.8 Å². The molecule has 0 rings (SSSR count). The summed E-state index contributed by atoms with van der Waals surface area (Å²) < 4.78 is 0. The average Bonchev–Trinajstić information content (AvgIpc) is 1.69. The Morgan fingerprint density at radius 1 is 1.56 bits per heavy atom. The number of carbonyl (C=O) groups excluding carboxylic acids is 1. The number of carbonyl (C=O) groups is 1. The van der Waals surface area contributed by atoms with E-state index < -0.39 is 0 Å². The molecule has 1 nitrogen and oxygen atoms in total. The van der Waals surface area contributed by atoms with Crippen molar-refractivity contribution in [2.75, 3.05) is 6.26 Å². The maximum atomic E-state index is 10.5. The second-order valence-electron chi connectivity index (χ2n) is 1.41. The summed E-state index contributed by atoms with van der Waals surface area (Å²) in [6.45, 7) is 3.44. The van der Waals surface area contributed by atoms with Crippen molar-refractivity contribution in [3.05, 3.63) is 11.0 Å². The molecule has 0 saturated heterocycles. The molecule has 0 atom stereocenters. The molecule has 0 aromatic heterocycles. The fraction of sp³-hybridized carbons (Fsp3) is 0.571. The molecule has 0 saturated carbocycles. The highest BCUT2D eigenvalue weighted by Gasteiger charge is 1.96. The van der Waals surface area contributed by atoms with Gasteiger partial charge in [0, 0.05) is 4.91 Å². The van der Waals surface area contributed by atoms with Gasteiger partial charge in [-0.2, -0.15) is 0 Å². The van der Waals surface area contributed by atoms with Crippen molar-refractivity contribution in [3.8, 4) is 0 Å². The first-order valence-corrected chi connectivity index (χ1v) is 3.66. The molecular formula is C7H14OS. The third kappa shape index (κ3) is 4.28. The molecule has 0 spiro atoms. The molecule has 0 radical (unpaired) electrons. The molecule has 0 fully saturated rings. The quantitative estimate of drug-likeness (QED) is 0.557. The van der Waals surface area contributed by atoms with Gasteiger partial charge in [0.1, 0.15) is 0 Å². The maximum Gasteiger partial charge on any atom is 0.165 e. The van der Waals surface area contributed by atoms with Crippen LogP contribution in [0.4, 0.5) is 0 Å². The van der Waals surface area contributed by atoms with E-state index >= 15 is 0 Å². The van der Waals surface area contributed by atoms with Crippen LogP contribution in [0.5, 0.6) is 0 Å². The summed E-state index contributed by atoms with van der Waals surface area (Å²) in [5.41, 5.74) is 0. The Morgan fingerprint density at radius 3 is 2.00 bits per heavy atom. The van der Waals surface area contributed by atoms with Gasteiger partial charge in [0.05, 0.1) is 0 Å². The number of allylic oxidation sites excluding steroid dienone is 2. The zero-order valence-electron chi connectivity index (χ0n) is 5.39. The van der Waals surface area contributed by atoms with E-state index in [2.05, 4.69) is 0 Å². The molecule has 2 heteroatoms. The zero-order valence-corrected chi connectivity index (χ0v) is 6.21. The zero-order chi connectivity index (χ0) is 6.57. The first-order valence-electron chi connectivity index (χ1n) is 2.43. The molecule has 0 aliphatic rings. The van der Waals surface area contributed by atoms with E-state index in [0.29, 0.717) is 0 Å². The summed E-state index contributed by atoms with van der Waals surface area (Å²) in [6.07, 6.45) is 3.73. The summed E-state index contributed by atoms with van der Waals surface area (Å²) in [5, 5.41) is 0. The van der Waals surface area contributed by atoms with Crippen LogP contribution in [0.15, 0.2) is 11.0 Å². The van der Waals surface area contributed by atoms with Gasteiger partial charge in [-0.05, 0) is 20.1 Å². The summed E-state index contributed by atoms with van der Waals surface area (Å²) in [4.78, 5) is 11.4. The van der Waals surface area contributed by atoms with Crippen molar-refractivity contribution in [1.29, 1.82) is 0 Å². The van der Waals surface area contributed by atoms with Crippen LogP contribution in [-0.2, 0) is 4.79 Å². The van der Waals surface area contributed by atoms with Crippen LogP contribution in [0.25, 0.3) is 0 Å². The van der Waals surface area contributed by atoms with Crippen molar-refractivity contribution >= 4 is 17.5 Å². The van der Waals surface area contributed by atoms with E-state index in [1.54, 1.807) is 6.92 Å². The minimum atomic E-state index is 0. The summed E-state index contributed by atoms with van der Waals surface area (Å²) in [7, 11) is 0. The Labute approximate surface area is 61.5 Å². The number of rotatable bonds is 2. The molecule has 0 aliphatic carbocycles. The minimum Gasteiger partial charge on any atom is -0.294 e. The molecule has 54 valence electrons. The molecule has 0 aromatic rings. The largest absolute Gasteiger partial charge is 0.294 e. The predicted molar refractivity (Wildman–Crippen MR) is 44.7 cm³/mol. The topological polar surface area (TPSA) is 17.1 Å². The number of hydrogen-bond donors (Lipinski definition) is 0. The molecule has 0 amide bonds. The maximum absolute atomic E-state index is 10.5. The van der Waals surface area contributed by atoms with Crippen molar-refractivity contribution in [2.45, 2.75) is 21.3 Å². The van der Waals surface area contributed by atoms with Crippen LogP contribution in [0.2, 0.25) is 0 Å². The van der Waals surface area contributed by atoms with Crippen LogP contribution in [-0.4, -0.2) is 12.0 Å². The first kappa shape index (κ1) is 11.5. The third-order valence-electron chi connectivity index (χ3n) is 0.829. The van der Waals surface area contributed by atoms with E-state index in [1.807, 2.05) is 19.3 Å². The van der Waals surface area contributed by atoms with Gasteiger partial charge >= 0.3 is 0 Å². The lowest BCUT2D eigenvalue weighted by molar-refractivity contribution is -0.112. The van der Waals surface area contributed by atoms with E-state index in [0.717, 1.165) is 4.91 Å². The number of hydrogen-bond acceptors (Lipinski definition) is 2. The Bertz CT molecular complexity index is 116. The van der Waals surface area contributed by atoms with E-state index in [-0.39, 0.29) is 13.2 Å². The van der Waals surface area contributed by atoms with Crippen molar-refractivity contribution < 1.29 is 4.79 Å². The normalized spacial score (nSPS) is 10.3. The van der Waals surface area contributed by atoms with Crippen molar-refractivity contribution in [2.24, 2.45) is 0 Å². The van der Waals surface area contributed by atoms with Gasteiger partial charge in [-0.3, -0.25) is 4.79 Å². The predicted octanol–water partition coefficient (Wildman–Crippen LogP) is 2.48. The fourth-order valence-corrected chi connectivity index (χ4v) is 0.988. The van der Waals surface area contributed by atoms with Crippen molar-refractivity contribution in [3.63, 3.8) is 0 Å². The fourth-order valence-electron chi connectivity index (χ4n) is 0.465. The van der Waals surface area contributed by atoms with Crippen LogP contribution in [0.1, 0.15) is 21.3 Å². The minimum absolute atomic E-state index is 0. The summed E-state index contributed by atoms with van der Waals surface area (Å²) in [5.74, 6) is 0.153. The number of ketones is 1. The second-order valence-corrected chi connectivity index (χ2v) is 2.26. The van der Waals surface area contributed by atoms with Crippen LogP contribution in [0, 0.1) is 0 Å². The van der Waals surface area contributed by atoms with Gasteiger partial charge in [-0.1, -0.05) is 13.5 Å². The molecule has 0 aromatic carbocycles. The number of Topliss-reactive ketones (excluding diaryl/α,β-unsaturated/α-hetero) is 1. The Kier molecular flexibility index (Phi) is 7.55. The highest BCUT2D eigenvalue weighted by Crippen LogP contribution is 2.10. The lowest BCUT2D eigenvalue weighted by atomic mass is 10.4. The Balaban J connectivity index is 0. The molecule has 0 N–H and O–H groups in total. The lowest BCUT2D eigenvalue weighted by Crippen LogP contribution is -1.89. The molecular weight excluding hydrogens is 132 g/mol. The SMILES string of the molecule is C.C/C=C(\SC)C(C)=O. The molecule has 0 unspecified atom stereocenters. The number of thioether (sulfide) groups is 1. The standard InChI is InChI=1S/C6H10OS.CH4/c1-4-6(8-3)5(2)7;/h4H,1-3H3;1H4/b6-4-;. The van der Waals surface area contributed by atoms with Crippen LogP contribution >= 0.6 is 11.8 Å². The molecule has 0 aliphatic heterocycles. The Hall–Kier alpha value is -0.240. The molecule has 0 bridgehead atoms. The smallest absolute Gasteiger partial charge is 0.165 e. The van der Waals surface area contributed by atoms with E-state index in [1.165, 1.54) is 11.8 Å². The van der Waals surface area contributed by atoms with Gasteiger partial charge < -0.3 is 0 Å². The second kappa shape index (κ2) is 5.89. The highest BCUT2D eigenvalue weighted by molar-refractivity contribution is 8.03. The first-order chi connectivity index (χ1) is 3.72. The van der Waals surface area contributed by atoms with Gasteiger partial charge in [-0.25, -0.2) is 0 Å². The summed E-state index contributed by atoms with van der Waals surface area (Å²) in [6, 6.07) is 0.